The fourth-order valence-corrected chi connectivity index (χ4v) is 1.41. The molecule has 0 saturated carbocycles. The number of rotatable bonds is 6. The molecule has 0 aliphatic carbocycles. The molecule has 0 unspecified atom stereocenters. The number of amides is 1. The molecule has 0 bridgehead atoms. The van der Waals surface area contributed by atoms with Gasteiger partial charge in [-0.25, -0.2) is 0 Å². The normalized spacial score (nSPS) is 11.4. The Balaban J connectivity index is 3.38. The van der Waals surface area contributed by atoms with Crippen LogP contribution in [0.25, 0.3) is 0 Å². The molecule has 0 radical (unpaired) electrons. The van der Waals surface area contributed by atoms with Crippen LogP contribution in [-0.2, 0) is 9.53 Å². The highest BCUT2D eigenvalue weighted by Gasteiger charge is 2.12. The van der Waals surface area contributed by atoms with Crippen molar-refractivity contribution in [1.29, 1.82) is 0 Å². The average molecular weight is 219 g/mol. The fourth-order valence-electron chi connectivity index (χ4n) is 0.740. The molecular weight excluding hydrogens is 198 g/mol. The van der Waals surface area contributed by atoms with E-state index in [0.29, 0.717) is 25.5 Å². The van der Waals surface area contributed by atoms with Crippen molar-refractivity contribution in [3.05, 3.63) is 0 Å². The predicted octanol–water partition coefficient (Wildman–Crippen LogP) is 1.67. The summed E-state index contributed by atoms with van der Waals surface area (Å²) in [6.07, 6.45) is 0. The van der Waals surface area contributed by atoms with Crippen LogP contribution >= 0.6 is 11.8 Å². The van der Waals surface area contributed by atoms with E-state index in [1.165, 1.54) is 0 Å². The summed E-state index contributed by atoms with van der Waals surface area (Å²) in [4.78, 5) is 11.3. The summed E-state index contributed by atoms with van der Waals surface area (Å²) in [5.74, 6) is 0.611. The minimum absolute atomic E-state index is 0.0876. The van der Waals surface area contributed by atoms with Crippen molar-refractivity contribution >= 4 is 17.7 Å². The van der Waals surface area contributed by atoms with E-state index in [1.807, 2.05) is 6.92 Å². The summed E-state index contributed by atoms with van der Waals surface area (Å²) in [5, 5.41) is 2.81. The Kier molecular flexibility index (Phi) is 7.01. The molecule has 0 aromatic heterocycles. The van der Waals surface area contributed by atoms with Crippen LogP contribution in [0.1, 0.15) is 27.7 Å². The molecule has 0 fully saturated rings. The number of nitrogens with one attached hydrogen (secondary N) is 1. The molecule has 0 atom stereocenters. The minimum atomic E-state index is 0.0876. The van der Waals surface area contributed by atoms with E-state index in [4.69, 9.17) is 4.74 Å². The van der Waals surface area contributed by atoms with E-state index in [-0.39, 0.29) is 10.7 Å². The molecule has 84 valence electrons. The van der Waals surface area contributed by atoms with Crippen molar-refractivity contribution in [3.63, 3.8) is 0 Å². The lowest BCUT2D eigenvalue weighted by Gasteiger charge is -2.16. The number of hydrogen-bond donors (Lipinski definition) is 1. The highest BCUT2D eigenvalue weighted by atomic mass is 32.2. The summed E-state index contributed by atoms with van der Waals surface area (Å²) >= 11 is 1.65. The number of ether oxygens (including phenoxy) is 1. The molecule has 0 aromatic rings. The van der Waals surface area contributed by atoms with Crippen LogP contribution in [0.3, 0.4) is 0 Å². The van der Waals surface area contributed by atoms with Gasteiger partial charge in [0.25, 0.3) is 0 Å². The molecule has 1 N–H and O–H groups in total. The lowest BCUT2D eigenvalue weighted by atomic mass is 10.3. The highest BCUT2D eigenvalue weighted by molar-refractivity contribution is 8.01. The van der Waals surface area contributed by atoms with Gasteiger partial charge >= 0.3 is 0 Å². The summed E-state index contributed by atoms with van der Waals surface area (Å²) in [6.45, 7) is 10.2. The van der Waals surface area contributed by atoms with Crippen molar-refractivity contribution in [2.45, 2.75) is 32.4 Å². The van der Waals surface area contributed by atoms with E-state index >= 15 is 0 Å². The number of carbonyl (C=O) groups excluding carboxylic acids is 1. The van der Waals surface area contributed by atoms with Gasteiger partial charge in [0.05, 0.1) is 12.4 Å². The molecule has 0 rings (SSSR count). The third-order valence-electron chi connectivity index (χ3n) is 1.41. The largest absolute Gasteiger partial charge is 0.380 e. The van der Waals surface area contributed by atoms with Crippen molar-refractivity contribution in [3.8, 4) is 0 Å². The molecule has 0 saturated heterocycles. The second-order valence-electron chi connectivity index (χ2n) is 3.95. The molecule has 0 aliphatic rings. The first-order valence-electron chi connectivity index (χ1n) is 4.94. The van der Waals surface area contributed by atoms with Gasteiger partial charge in [-0.15, -0.1) is 11.8 Å². The van der Waals surface area contributed by atoms with Crippen molar-refractivity contribution in [2.75, 3.05) is 25.5 Å². The molecule has 0 aromatic carbocycles. The van der Waals surface area contributed by atoms with Gasteiger partial charge in [-0.1, -0.05) is 20.8 Å². The molecule has 1 amide bonds. The third-order valence-corrected chi connectivity index (χ3v) is 2.68. The number of thioether (sulfide) groups is 1. The van der Waals surface area contributed by atoms with Crippen molar-refractivity contribution < 1.29 is 9.53 Å². The first kappa shape index (κ1) is 13.8. The maximum absolute atomic E-state index is 11.3. The smallest absolute Gasteiger partial charge is 0.230 e. The van der Waals surface area contributed by atoms with Crippen LogP contribution in [0.4, 0.5) is 0 Å². The van der Waals surface area contributed by atoms with Gasteiger partial charge in [-0.05, 0) is 6.92 Å². The zero-order valence-electron chi connectivity index (χ0n) is 9.55. The molecular formula is C10H21NO2S. The monoisotopic (exact) mass is 219 g/mol. The van der Waals surface area contributed by atoms with Gasteiger partial charge in [-0.2, -0.15) is 0 Å². The Morgan fingerprint density at radius 3 is 2.57 bits per heavy atom. The van der Waals surface area contributed by atoms with E-state index < -0.39 is 0 Å². The van der Waals surface area contributed by atoms with Crippen LogP contribution < -0.4 is 5.32 Å². The standard InChI is InChI=1S/C10H21NO2S/c1-5-13-7-6-11-9(12)8-14-10(2,3)4/h5-8H2,1-4H3,(H,11,12). The molecule has 14 heavy (non-hydrogen) atoms. The Bertz CT molecular complexity index is 166. The van der Waals surface area contributed by atoms with Crippen molar-refractivity contribution in [2.24, 2.45) is 0 Å². The maximum Gasteiger partial charge on any atom is 0.230 e. The molecule has 0 spiro atoms. The topological polar surface area (TPSA) is 38.3 Å². The molecule has 0 aliphatic heterocycles. The second kappa shape index (κ2) is 7.12. The van der Waals surface area contributed by atoms with Gasteiger partial charge in [0.2, 0.25) is 5.91 Å². The van der Waals surface area contributed by atoms with Crippen LogP contribution in [-0.4, -0.2) is 36.2 Å². The van der Waals surface area contributed by atoms with E-state index in [0.717, 1.165) is 0 Å². The maximum atomic E-state index is 11.3. The van der Waals surface area contributed by atoms with Crippen LogP contribution in [0, 0.1) is 0 Å². The molecule has 0 heterocycles. The molecule has 3 nitrogen and oxygen atoms in total. The predicted molar refractivity (Wildman–Crippen MR) is 61.7 cm³/mol. The Labute approximate surface area is 91.0 Å². The summed E-state index contributed by atoms with van der Waals surface area (Å²) in [7, 11) is 0. The van der Waals surface area contributed by atoms with E-state index in [1.54, 1.807) is 11.8 Å². The van der Waals surface area contributed by atoms with Gasteiger partial charge < -0.3 is 10.1 Å². The third kappa shape index (κ3) is 9.86. The van der Waals surface area contributed by atoms with Crippen LogP contribution in [0.5, 0.6) is 0 Å². The Morgan fingerprint density at radius 1 is 1.43 bits per heavy atom. The van der Waals surface area contributed by atoms with Gasteiger partial charge in [0.1, 0.15) is 0 Å². The fraction of sp³-hybridized carbons (Fsp3) is 0.900. The summed E-state index contributed by atoms with van der Waals surface area (Å²) < 4.78 is 5.26. The quantitative estimate of drug-likeness (QED) is 0.691. The van der Waals surface area contributed by atoms with Gasteiger partial charge in [0, 0.05) is 17.9 Å². The Morgan fingerprint density at radius 2 is 2.07 bits per heavy atom. The first-order chi connectivity index (χ1) is 6.45. The lowest BCUT2D eigenvalue weighted by molar-refractivity contribution is -0.118. The number of hydrogen-bond acceptors (Lipinski definition) is 3. The van der Waals surface area contributed by atoms with Gasteiger partial charge in [-0.3, -0.25) is 4.79 Å². The average Bonchev–Trinajstić information content (AvgIpc) is 2.08. The highest BCUT2D eigenvalue weighted by Crippen LogP contribution is 2.22. The summed E-state index contributed by atoms with van der Waals surface area (Å²) in [6, 6.07) is 0. The second-order valence-corrected chi connectivity index (χ2v) is 5.75. The van der Waals surface area contributed by atoms with Gasteiger partial charge in [0.15, 0.2) is 0 Å². The SMILES string of the molecule is CCOCCNC(=O)CSC(C)(C)C. The first-order valence-corrected chi connectivity index (χ1v) is 5.92. The summed E-state index contributed by atoms with van der Waals surface area (Å²) in [5.41, 5.74) is 0. The van der Waals surface area contributed by atoms with Crippen LogP contribution in [0.2, 0.25) is 0 Å². The van der Waals surface area contributed by atoms with Crippen molar-refractivity contribution in [1.82, 2.24) is 5.32 Å². The Hall–Kier alpha value is -0.220. The van der Waals surface area contributed by atoms with E-state index in [9.17, 15) is 4.79 Å². The zero-order valence-corrected chi connectivity index (χ0v) is 10.4. The van der Waals surface area contributed by atoms with Crippen LogP contribution in [0.15, 0.2) is 0 Å². The minimum Gasteiger partial charge on any atom is -0.380 e. The zero-order chi connectivity index (χ0) is 11.0. The van der Waals surface area contributed by atoms with E-state index in [2.05, 4.69) is 26.1 Å². The molecule has 4 heteroatoms. The number of carbonyl (C=O) groups is 1. The lowest BCUT2D eigenvalue weighted by Crippen LogP contribution is -2.30.